The van der Waals surface area contributed by atoms with Crippen molar-refractivity contribution in [1.82, 2.24) is 20.1 Å². The van der Waals surface area contributed by atoms with Crippen LogP contribution in [0.5, 0.6) is 0 Å². The maximum Gasteiger partial charge on any atom is 0.411 e. The van der Waals surface area contributed by atoms with Crippen LogP contribution in [0.1, 0.15) is 12.2 Å². The summed E-state index contributed by atoms with van der Waals surface area (Å²) in [7, 11) is 1.77. The molecule has 1 aromatic rings. The van der Waals surface area contributed by atoms with E-state index >= 15 is 0 Å². The van der Waals surface area contributed by atoms with Crippen LogP contribution in [0.3, 0.4) is 0 Å². The number of halogens is 3. The number of hydrogen-bond donors (Lipinski definition) is 1. The molecule has 0 aliphatic rings. The van der Waals surface area contributed by atoms with Crippen molar-refractivity contribution in [3.8, 4) is 0 Å². The summed E-state index contributed by atoms with van der Waals surface area (Å²) in [4.78, 5) is 3.99. The Hall–Kier alpha value is -1.15. The Morgan fingerprint density at radius 1 is 1.47 bits per heavy atom. The van der Waals surface area contributed by atoms with Gasteiger partial charge in [-0.15, -0.1) is 0 Å². The van der Waals surface area contributed by atoms with E-state index in [0.29, 0.717) is 25.3 Å². The molecular formula is C9H15F3N4O. The Labute approximate surface area is 97.0 Å². The number of hydrogen-bond acceptors (Lipinski definition) is 4. The largest absolute Gasteiger partial charge is 0.411 e. The van der Waals surface area contributed by atoms with Crippen molar-refractivity contribution in [2.75, 3.05) is 19.8 Å². The molecule has 0 bridgehead atoms. The molecule has 0 atom stereocenters. The SMILES string of the molecule is Cn1cnc(CNCCCOCC(F)(F)F)n1. The smallest absolute Gasteiger partial charge is 0.372 e. The van der Waals surface area contributed by atoms with Crippen LogP contribution in [-0.4, -0.2) is 40.7 Å². The minimum absolute atomic E-state index is 0.0855. The summed E-state index contributed by atoms with van der Waals surface area (Å²) in [5.74, 6) is 0.656. The Kier molecular flexibility index (Phi) is 5.36. The molecule has 1 rings (SSSR count). The molecule has 0 aliphatic heterocycles. The van der Waals surface area contributed by atoms with Gasteiger partial charge in [-0.25, -0.2) is 4.98 Å². The molecule has 8 heteroatoms. The second-order valence-corrected chi connectivity index (χ2v) is 3.53. The molecule has 0 radical (unpaired) electrons. The minimum atomic E-state index is -4.24. The van der Waals surface area contributed by atoms with E-state index in [2.05, 4.69) is 20.1 Å². The van der Waals surface area contributed by atoms with E-state index in [4.69, 9.17) is 0 Å². The molecule has 0 aliphatic carbocycles. The zero-order valence-electron chi connectivity index (χ0n) is 9.50. The third-order valence-corrected chi connectivity index (χ3v) is 1.84. The standard InChI is InChI=1S/C9H15F3N4O/c1-16-7-14-8(15-16)5-13-3-2-4-17-6-9(10,11)12/h7,13H,2-6H2,1H3. The third kappa shape index (κ3) is 6.90. The molecule has 17 heavy (non-hydrogen) atoms. The van der Waals surface area contributed by atoms with Gasteiger partial charge in [0.2, 0.25) is 0 Å². The number of nitrogens with one attached hydrogen (secondary N) is 1. The molecule has 0 amide bonds. The van der Waals surface area contributed by atoms with Gasteiger partial charge in [-0.05, 0) is 13.0 Å². The summed E-state index contributed by atoms with van der Waals surface area (Å²) in [5.41, 5.74) is 0. The van der Waals surface area contributed by atoms with Gasteiger partial charge in [0.05, 0.1) is 6.54 Å². The third-order valence-electron chi connectivity index (χ3n) is 1.84. The first kappa shape index (κ1) is 13.9. The van der Waals surface area contributed by atoms with Crippen LogP contribution in [0.2, 0.25) is 0 Å². The predicted molar refractivity (Wildman–Crippen MR) is 54.2 cm³/mol. The van der Waals surface area contributed by atoms with E-state index in [0.717, 1.165) is 0 Å². The molecule has 98 valence electrons. The Morgan fingerprint density at radius 3 is 2.82 bits per heavy atom. The number of alkyl halides is 3. The summed E-state index contributed by atoms with van der Waals surface area (Å²) in [6.07, 6.45) is -2.14. The average molecular weight is 252 g/mol. The quantitative estimate of drug-likeness (QED) is 0.732. The van der Waals surface area contributed by atoms with Crippen LogP contribution < -0.4 is 5.32 Å². The van der Waals surface area contributed by atoms with Crippen LogP contribution in [-0.2, 0) is 18.3 Å². The average Bonchev–Trinajstić information content (AvgIpc) is 2.61. The number of aryl methyl sites for hydroxylation is 1. The Balaban J connectivity index is 1.95. The highest BCUT2D eigenvalue weighted by Gasteiger charge is 2.27. The van der Waals surface area contributed by atoms with Crippen molar-refractivity contribution in [3.63, 3.8) is 0 Å². The lowest BCUT2D eigenvalue weighted by Gasteiger charge is -2.07. The van der Waals surface area contributed by atoms with Gasteiger partial charge in [0.15, 0.2) is 5.82 Å². The van der Waals surface area contributed by atoms with Gasteiger partial charge < -0.3 is 10.1 Å². The van der Waals surface area contributed by atoms with Gasteiger partial charge in [0.25, 0.3) is 0 Å². The Morgan fingerprint density at radius 2 is 2.24 bits per heavy atom. The molecule has 1 heterocycles. The highest BCUT2D eigenvalue weighted by atomic mass is 19.4. The van der Waals surface area contributed by atoms with Crippen LogP contribution in [0.15, 0.2) is 6.33 Å². The van der Waals surface area contributed by atoms with Crippen LogP contribution in [0.4, 0.5) is 13.2 Å². The van der Waals surface area contributed by atoms with Crippen LogP contribution >= 0.6 is 0 Å². The maximum atomic E-state index is 11.7. The molecule has 0 aromatic carbocycles. The molecule has 0 fully saturated rings. The molecular weight excluding hydrogens is 237 g/mol. The van der Waals surface area contributed by atoms with Crippen molar-refractivity contribution in [2.45, 2.75) is 19.1 Å². The molecule has 0 spiro atoms. The molecule has 0 saturated heterocycles. The van der Waals surface area contributed by atoms with Crippen LogP contribution in [0, 0.1) is 0 Å². The number of aromatic nitrogens is 3. The van der Waals surface area contributed by atoms with Crippen LogP contribution in [0.25, 0.3) is 0 Å². The first-order valence-corrected chi connectivity index (χ1v) is 5.17. The summed E-state index contributed by atoms with van der Waals surface area (Å²) in [6.45, 7) is -0.0345. The molecule has 5 nitrogen and oxygen atoms in total. The lowest BCUT2D eigenvalue weighted by Crippen LogP contribution is -2.20. The number of nitrogens with zero attached hydrogens (tertiary/aromatic N) is 3. The fraction of sp³-hybridized carbons (Fsp3) is 0.778. The summed E-state index contributed by atoms with van der Waals surface area (Å²) in [6, 6.07) is 0. The summed E-state index contributed by atoms with van der Waals surface area (Å²) >= 11 is 0. The van der Waals surface area contributed by atoms with Gasteiger partial charge in [-0.1, -0.05) is 0 Å². The zero-order chi connectivity index (χ0) is 12.7. The summed E-state index contributed by atoms with van der Waals surface area (Å²) < 4.78 is 41.1. The highest BCUT2D eigenvalue weighted by molar-refractivity contribution is 4.79. The number of ether oxygens (including phenoxy) is 1. The van der Waals surface area contributed by atoms with Gasteiger partial charge in [0, 0.05) is 13.7 Å². The van der Waals surface area contributed by atoms with E-state index in [1.54, 1.807) is 18.1 Å². The Bertz CT molecular complexity index is 326. The molecule has 1 N–H and O–H groups in total. The van der Waals surface area contributed by atoms with Crippen molar-refractivity contribution in [2.24, 2.45) is 7.05 Å². The van der Waals surface area contributed by atoms with E-state index in [1.165, 1.54) is 0 Å². The van der Waals surface area contributed by atoms with Crippen molar-refractivity contribution < 1.29 is 17.9 Å². The fourth-order valence-electron chi connectivity index (χ4n) is 1.15. The second-order valence-electron chi connectivity index (χ2n) is 3.53. The van der Waals surface area contributed by atoms with Gasteiger partial charge in [-0.2, -0.15) is 18.3 Å². The maximum absolute atomic E-state index is 11.7. The minimum Gasteiger partial charge on any atom is -0.372 e. The first-order valence-electron chi connectivity index (χ1n) is 5.17. The highest BCUT2D eigenvalue weighted by Crippen LogP contribution is 2.14. The van der Waals surface area contributed by atoms with Crippen molar-refractivity contribution >= 4 is 0 Å². The molecule has 0 unspecified atom stereocenters. The van der Waals surface area contributed by atoms with Gasteiger partial charge >= 0.3 is 6.18 Å². The van der Waals surface area contributed by atoms with Crippen molar-refractivity contribution in [3.05, 3.63) is 12.2 Å². The monoisotopic (exact) mass is 252 g/mol. The number of rotatable bonds is 7. The van der Waals surface area contributed by atoms with Gasteiger partial charge in [0.1, 0.15) is 12.9 Å². The zero-order valence-corrected chi connectivity index (χ0v) is 9.50. The second kappa shape index (κ2) is 6.55. The van der Waals surface area contributed by atoms with E-state index in [9.17, 15) is 13.2 Å². The van der Waals surface area contributed by atoms with Crippen molar-refractivity contribution in [1.29, 1.82) is 0 Å². The molecule has 1 aromatic heterocycles. The van der Waals surface area contributed by atoms with E-state index < -0.39 is 12.8 Å². The van der Waals surface area contributed by atoms with E-state index in [1.807, 2.05) is 0 Å². The lowest BCUT2D eigenvalue weighted by molar-refractivity contribution is -0.173. The van der Waals surface area contributed by atoms with E-state index in [-0.39, 0.29) is 6.61 Å². The predicted octanol–water partition coefficient (Wildman–Crippen LogP) is 0.874. The topological polar surface area (TPSA) is 52.0 Å². The lowest BCUT2D eigenvalue weighted by atomic mass is 10.4. The normalized spacial score (nSPS) is 12.0. The van der Waals surface area contributed by atoms with Gasteiger partial charge in [-0.3, -0.25) is 4.68 Å². The first-order chi connectivity index (χ1) is 7.97. The summed E-state index contributed by atoms with van der Waals surface area (Å²) in [5, 5.41) is 7.05. The molecule has 0 saturated carbocycles. The fourth-order valence-corrected chi connectivity index (χ4v) is 1.15.